The summed E-state index contributed by atoms with van der Waals surface area (Å²) in [5, 5.41) is 4.03. The van der Waals surface area contributed by atoms with Crippen molar-refractivity contribution in [2.45, 2.75) is 45.6 Å². The van der Waals surface area contributed by atoms with Crippen LogP contribution in [0.25, 0.3) is 0 Å². The highest BCUT2D eigenvalue weighted by Crippen LogP contribution is 2.39. The van der Waals surface area contributed by atoms with Gasteiger partial charge in [0.25, 0.3) is 0 Å². The van der Waals surface area contributed by atoms with Gasteiger partial charge in [-0.3, -0.25) is 0 Å². The van der Waals surface area contributed by atoms with E-state index in [2.05, 4.69) is 35.1 Å². The van der Waals surface area contributed by atoms with Crippen LogP contribution in [0.5, 0.6) is 0 Å². The molecule has 0 aromatic heterocycles. The Balaban J connectivity index is 2.26. The Morgan fingerprint density at radius 3 is 2.60 bits per heavy atom. The molecule has 1 atom stereocenters. The molecule has 1 fully saturated rings. The van der Waals surface area contributed by atoms with Gasteiger partial charge in [-0.2, -0.15) is 0 Å². The number of rotatable bonds is 4. The number of nitrogens with one attached hydrogen (secondary N) is 1. The van der Waals surface area contributed by atoms with Gasteiger partial charge in [0.15, 0.2) is 0 Å². The van der Waals surface area contributed by atoms with Gasteiger partial charge in [0, 0.05) is 16.1 Å². The third kappa shape index (κ3) is 3.75. The maximum Gasteiger partial charge on any atom is 0.129 e. The van der Waals surface area contributed by atoms with E-state index in [0.717, 1.165) is 25.3 Å². The average molecular weight is 363 g/mol. The highest BCUT2D eigenvalue weighted by atomic mass is 79.9. The lowest BCUT2D eigenvalue weighted by Crippen LogP contribution is -2.31. The van der Waals surface area contributed by atoms with Gasteiger partial charge in [0.1, 0.15) is 5.82 Å². The SMILES string of the molecule is CCNC(c1cc(Cl)c(Br)cc1F)C1CCC(C)CC1. The van der Waals surface area contributed by atoms with Crippen LogP contribution in [0.4, 0.5) is 4.39 Å². The van der Waals surface area contributed by atoms with E-state index in [-0.39, 0.29) is 11.9 Å². The third-order valence-electron chi connectivity index (χ3n) is 4.33. The zero-order valence-electron chi connectivity index (χ0n) is 12.1. The highest BCUT2D eigenvalue weighted by Gasteiger charge is 2.28. The second kappa shape index (κ2) is 7.24. The summed E-state index contributed by atoms with van der Waals surface area (Å²) in [6, 6.07) is 3.32. The molecule has 1 unspecified atom stereocenters. The lowest BCUT2D eigenvalue weighted by atomic mass is 9.77. The summed E-state index contributed by atoms with van der Waals surface area (Å²) in [5.41, 5.74) is 0.708. The van der Waals surface area contributed by atoms with Crippen LogP contribution in [-0.2, 0) is 0 Å². The molecule has 1 aliphatic carbocycles. The molecule has 0 amide bonds. The van der Waals surface area contributed by atoms with Gasteiger partial charge in [0.2, 0.25) is 0 Å². The summed E-state index contributed by atoms with van der Waals surface area (Å²) >= 11 is 9.43. The van der Waals surface area contributed by atoms with E-state index in [1.54, 1.807) is 6.07 Å². The first-order valence-corrected chi connectivity index (χ1v) is 8.57. The summed E-state index contributed by atoms with van der Waals surface area (Å²) < 4.78 is 14.9. The fourth-order valence-corrected chi connectivity index (χ4v) is 3.63. The van der Waals surface area contributed by atoms with Crippen LogP contribution in [0, 0.1) is 17.7 Å². The summed E-state index contributed by atoms with van der Waals surface area (Å²) in [7, 11) is 0. The van der Waals surface area contributed by atoms with Gasteiger partial charge in [-0.1, -0.05) is 38.3 Å². The third-order valence-corrected chi connectivity index (χ3v) is 5.53. The Morgan fingerprint density at radius 2 is 2.00 bits per heavy atom. The monoisotopic (exact) mass is 361 g/mol. The number of hydrogen-bond acceptors (Lipinski definition) is 1. The number of benzene rings is 1. The van der Waals surface area contributed by atoms with Gasteiger partial charge < -0.3 is 5.32 Å². The molecule has 0 spiro atoms. The van der Waals surface area contributed by atoms with Crippen LogP contribution in [0.3, 0.4) is 0 Å². The summed E-state index contributed by atoms with van der Waals surface area (Å²) in [5.74, 6) is 1.12. The van der Waals surface area contributed by atoms with Crippen LogP contribution in [0.1, 0.15) is 51.1 Å². The van der Waals surface area contributed by atoms with E-state index in [1.807, 2.05) is 0 Å². The lowest BCUT2D eigenvalue weighted by Gasteiger charge is -2.33. The van der Waals surface area contributed by atoms with E-state index in [9.17, 15) is 4.39 Å². The first-order valence-electron chi connectivity index (χ1n) is 7.40. The van der Waals surface area contributed by atoms with Crippen LogP contribution < -0.4 is 5.32 Å². The standard InChI is InChI=1S/C16H22BrClFN/c1-3-20-16(11-6-4-10(2)5-7-11)12-8-14(18)13(17)9-15(12)19/h8-11,16,20H,3-7H2,1-2H3. The van der Waals surface area contributed by atoms with Crippen LogP contribution in [0.2, 0.25) is 5.02 Å². The Morgan fingerprint density at radius 1 is 1.35 bits per heavy atom. The van der Waals surface area contributed by atoms with Crippen LogP contribution in [0.15, 0.2) is 16.6 Å². The Bertz CT molecular complexity index is 458. The van der Waals surface area contributed by atoms with Crippen LogP contribution in [-0.4, -0.2) is 6.54 Å². The molecule has 1 aromatic carbocycles. The predicted molar refractivity (Wildman–Crippen MR) is 86.6 cm³/mol. The average Bonchev–Trinajstić information content (AvgIpc) is 2.42. The topological polar surface area (TPSA) is 12.0 Å². The van der Waals surface area contributed by atoms with Gasteiger partial charge in [-0.25, -0.2) is 4.39 Å². The molecule has 1 aliphatic rings. The Hall–Kier alpha value is -0.120. The molecule has 0 heterocycles. The smallest absolute Gasteiger partial charge is 0.129 e. The van der Waals surface area contributed by atoms with Gasteiger partial charge in [-0.15, -0.1) is 0 Å². The zero-order valence-corrected chi connectivity index (χ0v) is 14.4. The molecule has 0 bridgehead atoms. The maximum atomic E-state index is 14.3. The fraction of sp³-hybridized carbons (Fsp3) is 0.625. The molecular weight excluding hydrogens is 341 g/mol. The highest BCUT2D eigenvalue weighted by molar-refractivity contribution is 9.10. The first-order chi connectivity index (χ1) is 9.52. The van der Waals surface area contributed by atoms with Crippen molar-refractivity contribution in [3.05, 3.63) is 33.0 Å². The molecule has 112 valence electrons. The minimum absolute atomic E-state index is 0.0677. The molecule has 0 saturated heterocycles. The largest absolute Gasteiger partial charge is 0.310 e. The van der Waals surface area contributed by atoms with Gasteiger partial charge in [0.05, 0.1) is 5.02 Å². The van der Waals surface area contributed by atoms with Crippen molar-refractivity contribution in [1.82, 2.24) is 5.32 Å². The lowest BCUT2D eigenvalue weighted by molar-refractivity contribution is 0.230. The minimum atomic E-state index is -0.175. The summed E-state index contributed by atoms with van der Waals surface area (Å²) in [6.45, 7) is 5.20. The molecule has 1 saturated carbocycles. The molecule has 0 aliphatic heterocycles. The predicted octanol–water partition coefficient (Wildman–Crippen LogP) is 5.72. The molecular formula is C16H22BrClFN. The molecule has 1 aromatic rings. The molecule has 0 radical (unpaired) electrons. The van der Waals surface area contributed by atoms with Crippen molar-refractivity contribution < 1.29 is 4.39 Å². The fourth-order valence-electron chi connectivity index (χ4n) is 3.15. The molecule has 1 N–H and O–H groups in total. The quantitative estimate of drug-likeness (QED) is 0.676. The van der Waals surface area contributed by atoms with Crippen molar-refractivity contribution in [1.29, 1.82) is 0 Å². The second-order valence-corrected chi connectivity index (χ2v) is 7.10. The van der Waals surface area contributed by atoms with Gasteiger partial charge >= 0.3 is 0 Å². The molecule has 4 heteroatoms. The van der Waals surface area contributed by atoms with Crippen molar-refractivity contribution in [2.75, 3.05) is 6.54 Å². The van der Waals surface area contributed by atoms with E-state index in [0.29, 0.717) is 21.0 Å². The number of hydrogen-bond donors (Lipinski definition) is 1. The molecule has 1 nitrogen and oxygen atoms in total. The minimum Gasteiger partial charge on any atom is -0.310 e. The van der Waals surface area contributed by atoms with E-state index in [4.69, 9.17) is 11.6 Å². The van der Waals surface area contributed by atoms with Crippen LogP contribution >= 0.6 is 27.5 Å². The zero-order chi connectivity index (χ0) is 14.7. The number of halogens is 3. The van der Waals surface area contributed by atoms with E-state index in [1.165, 1.54) is 18.9 Å². The Kier molecular flexibility index (Phi) is 5.88. The van der Waals surface area contributed by atoms with Gasteiger partial charge in [-0.05, 0) is 59.3 Å². The van der Waals surface area contributed by atoms with Crippen molar-refractivity contribution >= 4 is 27.5 Å². The Labute approximate surface area is 134 Å². The maximum absolute atomic E-state index is 14.3. The normalized spacial score (nSPS) is 24.6. The second-order valence-electron chi connectivity index (χ2n) is 5.84. The first kappa shape index (κ1) is 16.3. The van der Waals surface area contributed by atoms with Crippen molar-refractivity contribution in [2.24, 2.45) is 11.8 Å². The van der Waals surface area contributed by atoms with E-state index >= 15 is 0 Å². The molecule has 20 heavy (non-hydrogen) atoms. The molecule has 2 rings (SSSR count). The summed E-state index contributed by atoms with van der Waals surface area (Å²) in [4.78, 5) is 0. The van der Waals surface area contributed by atoms with Crippen molar-refractivity contribution in [3.8, 4) is 0 Å². The van der Waals surface area contributed by atoms with Crippen molar-refractivity contribution in [3.63, 3.8) is 0 Å². The van der Waals surface area contributed by atoms with E-state index < -0.39 is 0 Å². The summed E-state index contributed by atoms with van der Waals surface area (Å²) in [6.07, 6.45) is 4.79.